The van der Waals surface area contributed by atoms with Crippen LogP contribution >= 0.6 is 0 Å². The van der Waals surface area contributed by atoms with Crippen molar-refractivity contribution in [2.45, 2.75) is 6.10 Å². The molecular weight excluding hydrogens is 376 g/mol. The lowest BCUT2D eigenvalue weighted by Gasteiger charge is -2.19. The number of nitro groups is 1. The number of carbonyl (C=O) groups excluding carboxylic acids is 2. The normalized spacial score (nSPS) is 14.2. The molecule has 0 bridgehead atoms. The number of aliphatic hydroxyl groups is 1. The molecule has 3 aromatic carbocycles. The maximum Gasteiger partial charge on any atom is 0.270 e. The van der Waals surface area contributed by atoms with Crippen LogP contribution in [0, 0.1) is 10.1 Å². The Morgan fingerprint density at radius 3 is 2.52 bits per heavy atom. The number of fused-ring (bicyclic) bond motifs is 2. The Balaban J connectivity index is 1.46. The fraction of sp³-hybridized carbons (Fsp3) is 0.143. The van der Waals surface area contributed by atoms with Crippen LogP contribution in [-0.4, -0.2) is 46.0 Å². The van der Waals surface area contributed by atoms with E-state index in [1.807, 2.05) is 36.4 Å². The molecule has 0 fully saturated rings. The molecule has 8 nitrogen and oxygen atoms in total. The van der Waals surface area contributed by atoms with Crippen LogP contribution in [0.25, 0.3) is 10.8 Å². The Labute approximate surface area is 165 Å². The minimum absolute atomic E-state index is 0.0358. The summed E-state index contributed by atoms with van der Waals surface area (Å²) in [5.41, 5.74) is -0.222. The number of β-amino-alcohol motifs (C(OH)–C–C–N with tert-alkyl or cyclic N) is 1. The van der Waals surface area contributed by atoms with E-state index in [0.29, 0.717) is 5.75 Å². The Morgan fingerprint density at radius 1 is 1.00 bits per heavy atom. The highest BCUT2D eigenvalue weighted by Gasteiger charge is 2.37. The van der Waals surface area contributed by atoms with Crippen molar-refractivity contribution in [2.24, 2.45) is 0 Å². The van der Waals surface area contributed by atoms with Gasteiger partial charge in [0.2, 0.25) is 0 Å². The Kier molecular flexibility index (Phi) is 4.69. The van der Waals surface area contributed by atoms with Gasteiger partial charge in [-0.05, 0) is 17.5 Å². The van der Waals surface area contributed by atoms with Gasteiger partial charge in [0.25, 0.3) is 17.5 Å². The monoisotopic (exact) mass is 392 g/mol. The molecule has 0 saturated heterocycles. The summed E-state index contributed by atoms with van der Waals surface area (Å²) in [5, 5.41) is 23.1. The molecule has 0 saturated carbocycles. The second-order valence-corrected chi connectivity index (χ2v) is 6.65. The van der Waals surface area contributed by atoms with Gasteiger partial charge in [0.1, 0.15) is 18.5 Å². The molecule has 1 aliphatic heterocycles. The zero-order valence-corrected chi connectivity index (χ0v) is 15.1. The van der Waals surface area contributed by atoms with Gasteiger partial charge >= 0.3 is 0 Å². The first-order chi connectivity index (χ1) is 14.0. The van der Waals surface area contributed by atoms with Crippen LogP contribution in [0.4, 0.5) is 5.69 Å². The number of amides is 2. The van der Waals surface area contributed by atoms with Gasteiger partial charge in [0.05, 0.1) is 22.6 Å². The third kappa shape index (κ3) is 3.41. The lowest BCUT2D eigenvalue weighted by molar-refractivity contribution is -0.384. The molecule has 1 atom stereocenters. The Bertz CT molecular complexity index is 1140. The summed E-state index contributed by atoms with van der Waals surface area (Å²) in [6.07, 6.45) is -1.12. The van der Waals surface area contributed by atoms with Crippen LogP contribution in [0.5, 0.6) is 5.75 Å². The summed E-state index contributed by atoms with van der Waals surface area (Å²) in [7, 11) is 0. The quantitative estimate of drug-likeness (QED) is 0.392. The number of ether oxygens (including phenoxy) is 1. The molecule has 146 valence electrons. The van der Waals surface area contributed by atoms with Crippen LogP contribution in [0.2, 0.25) is 0 Å². The van der Waals surface area contributed by atoms with Crippen molar-refractivity contribution in [3.8, 4) is 5.75 Å². The van der Waals surface area contributed by atoms with E-state index < -0.39 is 22.8 Å². The molecule has 29 heavy (non-hydrogen) atoms. The van der Waals surface area contributed by atoms with Gasteiger partial charge in [0, 0.05) is 17.5 Å². The molecule has 1 aliphatic rings. The average Bonchev–Trinajstić information content (AvgIpc) is 2.96. The predicted molar refractivity (Wildman–Crippen MR) is 104 cm³/mol. The van der Waals surface area contributed by atoms with Gasteiger partial charge in [-0.25, -0.2) is 0 Å². The van der Waals surface area contributed by atoms with E-state index in [2.05, 4.69) is 0 Å². The minimum atomic E-state index is -1.12. The van der Waals surface area contributed by atoms with Gasteiger partial charge in [0.15, 0.2) is 0 Å². The number of imide groups is 1. The predicted octanol–water partition coefficient (Wildman–Crippen LogP) is 2.78. The van der Waals surface area contributed by atoms with Crippen molar-refractivity contribution in [3.63, 3.8) is 0 Å². The van der Waals surface area contributed by atoms with Crippen LogP contribution in [0.1, 0.15) is 20.7 Å². The van der Waals surface area contributed by atoms with E-state index in [1.54, 1.807) is 6.07 Å². The highest BCUT2D eigenvalue weighted by Crippen LogP contribution is 2.28. The fourth-order valence-electron chi connectivity index (χ4n) is 3.33. The highest BCUT2D eigenvalue weighted by atomic mass is 16.6. The average molecular weight is 392 g/mol. The smallest absolute Gasteiger partial charge is 0.270 e. The number of nitrogens with zero attached hydrogens (tertiary/aromatic N) is 2. The number of benzene rings is 3. The molecule has 3 aromatic rings. The molecule has 0 aromatic heterocycles. The maximum atomic E-state index is 12.5. The van der Waals surface area contributed by atoms with Crippen molar-refractivity contribution >= 4 is 28.3 Å². The second kappa shape index (κ2) is 7.33. The third-order valence-electron chi connectivity index (χ3n) is 4.74. The first kappa shape index (κ1) is 18.6. The zero-order valence-electron chi connectivity index (χ0n) is 15.1. The number of rotatable bonds is 6. The number of hydrogen-bond donors (Lipinski definition) is 1. The lowest BCUT2D eigenvalue weighted by atomic mass is 10.1. The van der Waals surface area contributed by atoms with Crippen molar-refractivity contribution in [2.75, 3.05) is 13.2 Å². The van der Waals surface area contributed by atoms with Crippen molar-refractivity contribution in [1.29, 1.82) is 0 Å². The molecule has 0 spiro atoms. The van der Waals surface area contributed by atoms with E-state index in [0.717, 1.165) is 21.7 Å². The number of carbonyl (C=O) groups is 2. The van der Waals surface area contributed by atoms with Gasteiger partial charge in [-0.15, -0.1) is 0 Å². The zero-order chi connectivity index (χ0) is 20.5. The van der Waals surface area contributed by atoms with Gasteiger partial charge in [-0.2, -0.15) is 0 Å². The largest absolute Gasteiger partial charge is 0.490 e. The van der Waals surface area contributed by atoms with Crippen LogP contribution in [-0.2, 0) is 0 Å². The molecule has 1 N–H and O–H groups in total. The van der Waals surface area contributed by atoms with E-state index in [1.165, 1.54) is 12.1 Å². The first-order valence-electron chi connectivity index (χ1n) is 8.89. The first-order valence-corrected chi connectivity index (χ1v) is 8.89. The minimum Gasteiger partial charge on any atom is -0.490 e. The molecule has 2 amide bonds. The van der Waals surface area contributed by atoms with Gasteiger partial charge < -0.3 is 9.84 Å². The molecule has 4 rings (SSSR count). The van der Waals surface area contributed by atoms with E-state index in [9.17, 15) is 24.8 Å². The third-order valence-corrected chi connectivity index (χ3v) is 4.74. The number of non-ortho nitro benzene ring substituents is 1. The number of aliphatic hydroxyl groups excluding tert-OH is 1. The van der Waals surface area contributed by atoms with Gasteiger partial charge in [-0.3, -0.25) is 24.6 Å². The molecule has 0 radical (unpaired) electrons. The summed E-state index contributed by atoms with van der Waals surface area (Å²) >= 11 is 0. The van der Waals surface area contributed by atoms with E-state index >= 15 is 0 Å². The van der Waals surface area contributed by atoms with Crippen molar-refractivity contribution in [1.82, 2.24) is 4.90 Å². The molecule has 1 heterocycles. The molecule has 0 unspecified atom stereocenters. The highest BCUT2D eigenvalue weighted by molar-refractivity contribution is 6.21. The van der Waals surface area contributed by atoms with Crippen LogP contribution in [0.3, 0.4) is 0 Å². The van der Waals surface area contributed by atoms with Crippen molar-refractivity contribution < 1.29 is 24.4 Å². The van der Waals surface area contributed by atoms with Crippen molar-refractivity contribution in [3.05, 3.63) is 81.9 Å². The summed E-state index contributed by atoms with van der Waals surface area (Å²) in [6, 6.07) is 16.7. The second-order valence-electron chi connectivity index (χ2n) is 6.65. The topological polar surface area (TPSA) is 110 Å². The van der Waals surface area contributed by atoms with Crippen LogP contribution < -0.4 is 4.74 Å². The molecule has 8 heteroatoms. The Hall–Kier alpha value is -3.78. The molecular formula is C21H16N2O6. The summed E-state index contributed by atoms with van der Waals surface area (Å²) in [5.74, 6) is -0.679. The van der Waals surface area contributed by atoms with Gasteiger partial charge in [-0.1, -0.05) is 36.4 Å². The number of hydrogen-bond acceptors (Lipinski definition) is 6. The lowest BCUT2D eigenvalue weighted by Crippen LogP contribution is -2.39. The van der Waals surface area contributed by atoms with E-state index in [4.69, 9.17) is 4.74 Å². The maximum absolute atomic E-state index is 12.5. The van der Waals surface area contributed by atoms with E-state index in [-0.39, 0.29) is 30.0 Å². The molecule has 0 aliphatic carbocycles. The summed E-state index contributed by atoms with van der Waals surface area (Å²) in [6.45, 7) is -0.396. The number of nitro benzene ring substituents is 1. The SMILES string of the molecule is O=C1c2ccc([N+](=O)[O-])cc2C(=O)N1C[C@H](O)COc1cccc2ccccc12. The van der Waals surface area contributed by atoms with Crippen LogP contribution in [0.15, 0.2) is 60.7 Å². The Morgan fingerprint density at radius 2 is 1.72 bits per heavy atom. The fourth-order valence-corrected chi connectivity index (χ4v) is 3.33. The standard InChI is InChI=1S/C21H16N2O6/c24-15(12-29-19-7-3-5-13-4-1-2-6-16(13)19)11-22-20(25)17-9-8-14(23(27)28)10-18(17)21(22)26/h1-10,15,24H,11-12H2/t15-/m0/s1. The summed E-state index contributed by atoms with van der Waals surface area (Å²) < 4.78 is 5.70. The summed E-state index contributed by atoms with van der Waals surface area (Å²) in [4.78, 5) is 36.1.